The number of piperidine rings is 1. The molecule has 0 atom stereocenters. The van der Waals surface area contributed by atoms with Gasteiger partial charge in [0.05, 0.1) is 0 Å². The van der Waals surface area contributed by atoms with Crippen LogP contribution in [0.3, 0.4) is 0 Å². The Bertz CT molecular complexity index is 329. The topological polar surface area (TPSA) is 15.3 Å². The molecule has 1 aromatic rings. The molecule has 2 nitrogen and oxygen atoms in total. The molecule has 0 spiro atoms. The third-order valence-electron chi connectivity index (χ3n) is 3.43. The van der Waals surface area contributed by atoms with E-state index < -0.39 is 0 Å². The third-order valence-corrected chi connectivity index (χ3v) is 3.43. The van der Waals surface area contributed by atoms with Crippen LogP contribution in [0.1, 0.15) is 37.3 Å². The molecular formula is C15H24N2. The number of benzene rings is 1. The molecular weight excluding hydrogens is 208 g/mol. The molecule has 0 unspecified atom stereocenters. The van der Waals surface area contributed by atoms with Crippen LogP contribution in [0.4, 0.5) is 0 Å². The highest BCUT2D eigenvalue weighted by atomic mass is 15.1. The first-order valence-electron chi connectivity index (χ1n) is 6.89. The molecule has 1 aliphatic heterocycles. The van der Waals surface area contributed by atoms with Gasteiger partial charge in [-0.1, -0.05) is 37.6 Å². The van der Waals surface area contributed by atoms with Gasteiger partial charge < -0.3 is 5.32 Å². The van der Waals surface area contributed by atoms with Crippen LogP contribution < -0.4 is 5.32 Å². The van der Waals surface area contributed by atoms with E-state index in [0.29, 0.717) is 0 Å². The monoisotopic (exact) mass is 232 g/mol. The molecule has 1 aromatic carbocycles. The lowest BCUT2D eigenvalue weighted by Gasteiger charge is -2.26. The molecule has 1 aliphatic rings. The van der Waals surface area contributed by atoms with Crippen molar-refractivity contribution >= 4 is 0 Å². The highest BCUT2D eigenvalue weighted by molar-refractivity contribution is 5.23. The van der Waals surface area contributed by atoms with E-state index in [-0.39, 0.29) is 0 Å². The molecule has 2 heteroatoms. The van der Waals surface area contributed by atoms with Crippen LogP contribution in [-0.4, -0.2) is 24.5 Å². The maximum atomic E-state index is 3.38. The third kappa shape index (κ3) is 4.14. The first-order chi connectivity index (χ1) is 8.38. The Morgan fingerprint density at radius 3 is 2.65 bits per heavy atom. The van der Waals surface area contributed by atoms with Gasteiger partial charge in [-0.05, 0) is 43.6 Å². The Labute approximate surface area is 105 Å². The lowest BCUT2D eigenvalue weighted by molar-refractivity contribution is 0.221. The SMILES string of the molecule is CCNCc1cccc(CN2CCCCC2)c1. The Morgan fingerprint density at radius 1 is 1.12 bits per heavy atom. The van der Waals surface area contributed by atoms with Crippen LogP contribution in [0.15, 0.2) is 24.3 Å². The molecule has 17 heavy (non-hydrogen) atoms. The average molecular weight is 232 g/mol. The van der Waals surface area contributed by atoms with E-state index in [9.17, 15) is 0 Å². The van der Waals surface area contributed by atoms with Gasteiger partial charge in [-0.25, -0.2) is 0 Å². The molecule has 1 N–H and O–H groups in total. The zero-order valence-corrected chi connectivity index (χ0v) is 10.9. The largest absolute Gasteiger partial charge is 0.313 e. The summed E-state index contributed by atoms with van der Waals surface area (Å²) in [6, 6.07) is 9.00. The summed E-state index contributed by atoms with van der Waals surface area (Å²) in [6.07, 6.45) is 4.16. The lowest BCUT2D eigenvalue weighted by atomic mass is 10.1. The van der Waals surface area contributed by atoms with Gasteiger partial charge in [-0.3, -0.25) is 4.90 Å². The van der Waals surface area contributed by atoms with Gasteiger partial charge in [-0.15, -0.1) is 0 Å². The Morgan fingerprint density at radius 2 is 1.88 bits per heavy atom. The van der Waals surface area contributed by atoms with Crippen molar-refractivity contribution in [2.24, 2.45) is 0 Å². The Kier molecular flexibility index (Phi) is 5.02. The summed E-state index contributed by atoms with van der Waals surface area (Å²) in [6.45, 7) is 7.85. The van der Waals surface area contributed by atoms with Crippen molar-refractivity contribution in [1.29, 1.82) is 0 Å². The zero-order valence-electron chi connectivity index (χ0n) is 10.9. The van der Waals surface area contributed by atoms with Crippen LogP contribution in [0.5, 0.6) is 0 Å². The predicted octanol–water partition coefficient (Wildman–Crippen LogP) is 2.78. The average Bonchev–Trinajstić information content (AvgIpc) is 2.38. The van der Waals surface area contributed by atoms with Gasteiger partial charge in [-0.2, -0.15) is 0 Å². The standard InChI is InChI=1S/C15H24N2/c1-2-16-12-14-7-6-8-15(11-14)13-17-9-4-3-5-10-17/h6-8,11,16H,2-5,9-10,12-13H2,1H3. The van der Waals surface area contributed by atoms with Crippen molar-refractivity contribution in [2.45, 2.75) is 39.3 Å². The van der Waals surface area contributed by atoms with E-state index in [1.807, 2.05) is 0 Å². The van der Waals surface area contributed by atoms with Crippen molar-refractivity contribution in [1.82, 2.24) is 10.2 Å². The van der Waals surface area contributed by atoms with Gasteiger partial charge in [0.1, 0.15) is 0 Å². The maximum Gasteiger partial charge on any atom is 0.0233 e. The van der Waals surface area contributed by atoms with Crippen molar-refractivity contribution in [3.63, 3.8) is 0 Å². The molecule has 2 rings (SSSR count). The minimum atomic E-state index is 0.990. The summed E-state index contributed by atoms with van der Waals surface area (Å²) >= 11 is 0. The minimum absolute atomic E-state index is 0.990. The minimum Gasteiger partial charge on any atom is -0.313 e. The first-order valence-corrected chi connectivity index (χ1v) is 6.89. The van der Waals surface area contributed by atoms with Gasteiger partial charge in [0, 0.05) is 13.1 Å². The van der Waals surface area contributed by atoms with Gasteiger partial charge in [0.2, 0.25) is 0 Å². The molecule has 0 aromatic heterocycles. The normalized spacial score (nSPS) is 17.2. The fraction of sp³-hybridized carbons (Fsp3) is 0.600. The van der Waals surface area contributed by atoms with Crippen molar-refractivity contribution in [2.75, 3.05) is 19.6 Å². The Hall–Kier alpha value is -0.860. The lowest BCUT2D eigenvalue weighted by Crippen LogP contribution is -2.29. The van der Waals surface area contributed by atoms with E-state index in [1.165, 1.54) is 43.5 Å². The molecule has 0 saturated carbocycles. The summed E-state index contributed by atoms with van der Waals surface area (Å²) in [5, 5.41) is 3.38. The van der Waals surface area contributed by atoms with E-state index in [4.69, 9.17) is 0 Å². The van der Waals surface area contributed by atoms with E-state index in [1.54, 1.807) is 0 Å². The fourth-order valence-electron chi connectivity index (χ4n) is 2.48. The van der Waals surface area contributed by atoms with E-state index in [2.05, 4.69) is 41.4 Å². The summed E-state index contributed by atoms with van der Waals surface area (Å²) in [5.74, 6) is 0. The number of rotatable bonds is 5. The number of hydrogen-bond donors (Lipinski definition) is 1. The molecule has 1 fully saturated rings. The van der Waals surface area contributed by atoms with Crippen LogP contribution in [0.25, 0.3) is 0 Å². The van der Waals surface area contributed by atoms with E-state index >= 15 is 0 Å². The van der Waals surface area contributed by atoms with Crippen LogP contribution >= 0.6 is 0 Å². The second-order valence-electron chi connectivity index (χ2n) is 4.94. The molecule has 0 aliphatic carbocycles. The maximum absolute atomic E-state index is 3.38. The number of nitrogens with zero attached hydrogens (tertiary/aromatic N) is 1. The number of nitrogens with one attached hydrogen (secondary N) is 1. The van der Waals surface area contributed by atoms with Crippen LogP contribution in [0, 0.1) is 0 Å². The molecule has 0 radical (unpaired) electrons. The van der Waals surface area contributed by atoms with Crippen LogP contribution in [0.2, 0.25) is 0 Å². The van der Waals surface area contributed by atoms with Crippen molar-refractivity contribution < 1.29 is 0 Å². The quantitative estimate of drug-likeness (QED) is 0.840. The highest BCUT2D eigenvalue weighted by Crippen LogP contribution is 2.14. The second-order valence-corrected chi connectivity index (χ2v) is 4.94. The van der Waals surface area contributed by atoms with Gasteiger partial charge in [0.25, 0.3) is 0 Å². The number of hydrogen-bond acceptors (Lipinski definition) is 2. The molecule has 0 amide bonds. The Balaban J connectivity index is 1.90. The summed E-state index contributed by atoms with van der Waals surface area (Å²) < 4.78 is 0. The first kappa shape index (κ1) is 12.6. The molecule has 1 heterocycles. The molecule has 94 valence electrons. The zero-order chi connectivity index (χ0) is 11.9. The van der Waals surface area contributed by atoms with Gasteiger partial charge in [0.15, 0.2) is 0 Å². The molecule has 1 saturated heterocycles. The molecule has 0 bridgehead atoms. The van der Waals surface area contributed by atoms with E-state index in [0.717, 1.165) is 19.6 Å². The van der Waals surface area contributed by atoms with Crippen molar-refractivity contribution in [3.8, 4) is 0 Å². The van der Waals surface area contributed by atoms with Gasteiger partial charge >= 0.3 is 0 Å². The fourth-order valence-corrected chi connectivity index (χ4v) is 2.48. The second kappa shape index (κ2) is 6.77. The number of likely N-dealkylation sites (tertiary alicyclic amines) is 1. The highest BCUT2D eigenvalue weighted by Gasteiger charge is 2.10. The summed E-state index contributed by atoms with van der Waals surface area (Å²) in [4.78, 5) is 2.58. The summed E-state index contributed by atoms with van der Waals surface area (Å²) in [7, 11) is 0. The smallest absolute Gasteiger partial charge is 0.0233 e. The predicted molar refractivity (Wildman–Crippen MR) is 73.0 cm³/mol. The van der Waals surface area contributed by atoms with Crippen molar-refractivity contribution in [3.05, 3.63) is 35.4 Å². The van der Waals surface area contributed by atoms with Crippen LogP contribution in [-0.2, 0) is 13.1 Å². The summed E-state index contributed by atoms with van der Waals surface area (Å²) in [5.41, 5.74) is 2.86.